The summed E-state index contributed by atoms with van der Waals surface area (Å²) in [6.07, 6.45) is 2.22. The van der Waals surface area contributed by atoms with Gasteiger partial charge in [0.2, 0.25) is 0 Å². The maximum Gasteiger partial charge on any atom is 0.192 e. The Balaban J connectivity index is 1.92. The van der Waals surface area contributed by atoms with Gasteiger partial charge in [-0.05, 0) is 97.3 Å². The van der Waals surface area contributed by atoms with Gasteiger partial charge >= 0.3 is 0 Å². The molecule has 0 saturated carbocycles. The van der Waals surface area contributed by atoms with Crippen molar-refractivity contribution in [2.75, 3.05) is 26.1 Å². The minimum Gasteiger partial charge on any atom is -0.417 e. The molecule has 0 aliphatic carbocycles. The van der Waals surface area contributed by atoms with Gasteiger partial charge in [0.1, 0.15) is 0 Å². The fourth-order valence-corrected chi connectivity index (χ4v) is 14.6. The minimum absolute atomic E-state index is 0.000640. The summed E-state index contributed by atoms with van der Waals surface area (Å²) in [5.74, 6) is -0.217. The number of ether oxygens (including phenoxy) is 3. The van der Waals surface area contributed by atoms with E-state index in [1.54, 1.807) is 31.4 Å². The normalized spacial score (nSPS) is 26.5. The molecule has 2 heterocycles. The first-order valence-corrected chi connectivity index (χ1v) is 31.6. The lowest BCUT2D eigenvalue weighted by Gasteiger charge is -2.42. The molecule has 1 aromatic rings. The molecular weight excluding hydrogens is 773 g/mol. The molecule has 2 fully saturated rings. The summed E-state index contributed by atoms with van der Waals surface area (Å²) in [5, 5.41) is 0.0477. The Bertz CT molecular complexity index is 1460. The molecule has 8 nitrogen and oxygen atoms in total. The summed E-state index contributed by atoms with van der Waals surface area (Å²) in [6, 6.07) is 12.2. The van der Waals surface area contributed by atoms with Crippen molar-refractivity contribution in [2.24, 2.45) is 11.8 Å². The molecule has 3 rings (SSSR count). The Morgan fingerprint density at radius 1 is 0.875 bits per heavy atom. The summed E-state index contributed by atoms with van der Waals surface area (Å²) in [5.41, 5.74) is 1.06. The molecule has 1 aromatic carbocycles. The quantitative estimate of drug-likeness (QED) is 0.0686. The molecule has 2 aliphatic rings. The van der Waals surface area contributed by atoms with Gasteiger partial charge in [-0.15, -0.1) is 0 Å². The first-order chi connectivity index (χ1) is 25.9. The van der Waals surface area contributed by atoms with Crippen molar-refractivity contribution in [3.63, 3.8) is 0 Å². The van der Waals surface area contributed by atoms with Crippen molar-refractivity contribution in [1.29, 1.82) is 0 Å². The van der Waals surface area contributed by atoms with Crippen LogP contribution in [0.15, 0.2) is 47.4 Å². The van der Waals surface area contributed by atoms with Crippen LogP contribution in [0.25, 0.3) is 0 Å². The van der Waals surface area contributed by atoms with E-state index in [1.807, 2.05) is 6.07 Å². The topological polar surface area (TPSA) is 89.5 Å². The fourth-order valence-electron chi connectivity index (χ4n) is 7.83. The molecule has 5 unspecified atom stereocenters. The van der Waals surface area contributed by atoms with Crippen LogP contribution < -0.4 is 0 Å². The number of methoxy groups -OCH3 is 1. The molecule has 8 atom stereocenters. The zero-order chi connectivity index (χ0) is 42.3. The van der Waals surface area contributed by atoms with Gasteiger partial charge in [-0.1, -0.05) is 94.0 Å². The van der Waals surface area contributed by atoms with Crippen LogP contribution in [0.5, 0.6) is 0 Å². The lowest BCUT2D eigenvalue weighted by atomic mass is 9.83. The van der Waals surface area contributed by atoms with Crippen molar-refractivity contribution < 1.29 is 35.9 Å². The molecule has 324 valence electrons. The number of sulfone groups is 1. The van der Waals surface area contributed by atoms with Crippen molar-refractivity contribution in [3.05, 3.63) is 42.5 Å². The van der Waals surface area contributed by atoms with Gasteiger partial charge in [0.25, 0.3) is 0 Å². The Morgan fingerprint density at radius 2 is 1.46 bits per heavy atom. The minimum atomic E-state index is -3.65. The monoisotopic (exact) mass is 855 g/mol. The molecule has 0 aromatic heterocycles. The summed E-state index contributed by atoms with van der Waals surface area (Å²) >= 11 is 0. The Kier molecular flexibility index (Phi) is 18.0. The number of hydrogen-bond donors (Lipinski definition) is 0. The van der Waals surface area contributed by atoms with Gasteiger partial charge in [0.05, 0.1) is 53.9 Å². The Morgan fingerprint density at radius 3 is 2.00 bits per heavy atom. The summed E-state index contributed by atoms with van der Waals surface area (Å²) in [4.78, 5) is 0.314. The molecular formula is C44H82O8SSi3. The van der Waals surface area contributed by atoms with E-state index in [0.717, 1.165) is 49.6 Å². The molecule has 12 heteroatoms. The number of benzene rings is 1. The van der Waals surface area contributed by atoms with E-state index >= 15 is 0 Å². The highest BCUT2D eigenvalue weighted by molar-refractivity contribution is 7.91. The van der Waals surface area contributed by atoms with Gasteiger partial charge in [-0.2, -0.15) is 0 Å². The molecule has 0 N–H and O–H groups in total. The van der Waals surface area contributed by atoms with E-state index in [0.29, 0.717) is 24.3 Å². The molecule has 0 spiro atoms. The van der Waals surface area contributed by atoms with Crippen LogP contribution in [0, 0.1) is 11.8 Å². The molecule has 2 aliphatic heterocycles. The second-order valence-corrected chi connectivity index (χ2v) is 36.3. The van der Waals surface area contributed by atoms with E-state index in [2.05, 4.69) is 102 Å². The maximum absolute atomic E-state index is 14.1. The van der Waals surface area contributed by atoms with Crippen molar-refractivity contribution >= 4 is 34.8 Å². The largest absolute Gasteiger partial charge is 0.417 e. The van der Waals surface area contributed by atoms with E-state index in [-0.39, 0.29) is 46.2 Å². The molecule has 56 heavy (non-hydrogen) atoms. The van der Waals surface area contributed by atoms with Crippen molar-refractivity contribution in [2.45, 2.75) is 197 Å². The van der Waals surface area contributed by atoms with Gasteiger partial charge in [0.15, 0.2) is 34.8 Å². The second-order valence-electron chi connectivity index (χ2n) is 19.9. The van der Waals surface area contributed by atoms with Crippen LogP contribution in [-0.4, -0.2) is 96.1 Å². The average Bonchev–Trinajstić information content (AvgIpc) is 3.42. The van der Waals surface area contributed by atoms with Gasteiger partial charge in [-0.3, -0.25) is 0 Å². The van der Waals surface area contributed by atoms with Gasteiger partial charge in [-0.25, -0.2) is 8.42 Å². The van der Waals surface area contributed by atoms with E-state index in [9.17, 15) is 8.42 Å². The van der Waals surface area contributed by atoms with Gasteiger partial charge in [0, 0.05) is 32.5 Å². The summed E-state index contributed by atoms with van der Waals surface area (Å²) in [7, 11) is -7.92. The lowest BCUT2D eigenvalue weighted by molar-refractivity contribution is -0.0759. The van der Waals surface area contributed by atoms with E-state index in [1.165, 1.54) is 0 Å². The molecule has 2 saturated heterocycles. The third-order valence-electron chi connectivity index (χ3n) is 14.1. The molecule has 0 bridgehead atoms. The van der Waals surface area contributed by atoms with Crippen molar-refractivity contribution in [3.8, 4) is 0 Å². The highest BCUT2D eigenvalue weighted by atomic mass is 32.2. The highest BCUT2D eigenvalue weighted by Crippen LogP contribution is 2.43. The first kappa shape index (κ1) is 49.7. The van der Waals surface area contributed by atoms with Crippen LogP contribution >= 0.6 is 0 Å². The third kappa shape index (κ3) is 12.9. The lowest BCUT2D eigenvalue weighted by Crippen LogP contribution is -2.49. The zero-order valence-corrected chi connectivity index (χ0v) is 42.0. The van der Waals surface area contributed by atoms with Crippen LogP contribution in [-0.2, 0) is 37.3 Å². The Hall–Kier alpha value is -0.679. The first-order valence-electron chi connectivity index (χ1n) is 21.6. The van der Waals surface area contributed by atoms with E-state index in [4.69, 9.17) is 27.5 Å². The van der Waals surface area contributed by atoms with Gasteiger partial charge < -0.3 is 27.5 Å². The summed E-state index contributed by atoms with van der Waals surface area (Å²) in [6.45, 7) is 37.4. The third-order valence-corrected chi connectivity index (χ3v) is 29.6. The van der Waals surface area contributed by atoms with Crippen LogP contribution in [0.3, 0.4) is 0 Å². The zero-order valence-electron chi connectivity index (χ0n) is 38.2. The standard InChI is InChI=1S/C44H82O8SSi3/c1-17-56(18-2,19-3)48-27-23-24-35-28-33(4)34(5)39(50-35)30-40-38(32-53(45,46)37-25-21-20-22-26-37)42(47-12)41(51-40)29-36(52-55(15,16)44(9,10)11)31-49-54(13,14)43(6,7)8/h20-22,25-26,33,35-36,38-42H,5,17-19,23-24,27-32H2,1-4,6-16H3/t33?,35?,36?,38?,39-,40?,41-,42-/m1/s1. The molecule has 0 amide bonds. The number of rotatable bonds is 21. The van der Waals surface area contributed by atoms with Crippen molar-refractivity contribution in [1.82, 2.24) is 0 Å². The van der Waals surface area contributed by atoms with Crippen LogP contribution in [0.2, 0.25) is 54.4 Å². The highest BCUT2D eigenvalue weighted by Gasteiger charge is 2.50. The average molecular weight is 855 g/mol. The summed E-state index contributed by atoms with van der Waals surface area (Å²) < 4.78 is 68.9. The molecule has 0 radical (unpaired) electrons. The Labute approximate surface area is 346 Å². The second kappa shape index (κ2) is 20.3. The fraction of sp³-hybridized carbons (Fsp3) is 0.818. The van der Waals surface area contributed by atoms with E-state index < -0.39 is 52.9 Å². The predicted molar refractivity (Wildman–Crippen MR) is 240 cm³/mol. The van der Waals surface area contributed by atoms with Crippen LogP contribution in [0.1, 0.15) is 101 Å². The smallest absolute Gasteiger partial charge is 0.192 e. The van der Waals surface area contributed by atoms with Crippen LogP contribution in [0.4, 0.5) is 0 Å². The predicted octanol–water partition coefficient (Wildman–Crippen LogP) is 11.2. The SMILES string of the molecule is C=C1C(C)CC(CCCO[Si](CC)(CC)CC)O[C@@H]1CC1O[C@H](CC(CO[Si](C)(C)C(C)(C)C)O[Si](C)(C)C(C)(C)C)[C@H](OC)C1CS(=O)(=O)c1ccccc1. The maximum atomic E-state index is 14.1. The number of hydrogen-bond acceptors (Lipinski definition) is 8.